The van der Waals surface area contributed by atoms with Crippen LogP contribution in [-0.2, 0) is 20.9 Å². The van der Waals surface area contributed by atoms with Gasteiger partial charge in [0.25, 0.3) is 5.91 Å². The predicted molar refractivity (Wildman–Crippen MR) is 128 cm³/mol. The molecule has 0 spiro atoms. The highest BCUT2D eigenvalue weighted by Crippen LogP contribution is 2.30. The number of halogens is 1. The highest BCUT2D eigenvalue weighted by Gasteiger charge is 2.35. The van der Waals surface area contributed by atoms with Gasteiger partial charge in [0.05, 0.1) is 12.1 Å². The first kappa shape index (κ1) is 23.5. The molecule has 2 aromatic carbocycles. The van der Waals surface area contributed by atoms with Gasteiger partial charge in [-0.05, 0) is 55.5 Å². The lowest BCUT2D eigenvalue weighted by Gasteiger charge is -2.30. The average molecular weight is 482 g/mol. The molecular weight excluding hydrogens is 458 g/mol. The maximum atomic E-state index is 13.8. The molecule has 9 nitrogen and oxygen atoms in total. The fourth-order valence-corrected chi connectivity index (χ4v) is 3.75. The number of nitrogens with one attached hydrogen (secondary N) is 1. The van der Waals surface area contributed by atoms with Crippen molar-refractivity contribution in [2.45, 2.75) is 19.5 Å². The summed E-state index contributed by atoms with van der Waals surface area (Å²) in [5, 5.41) is 11.6. The first-order chi connectivity index (χ1) is 16.5. The van der Waals surface area contributed by atoms with Gasteiger partial charge in [-0.1, -0.05) is 28.9 Å². The number of rotatable bonds is 9. The molecule has 0 radical (unpaired) electrons. The van der Waals surface area contributed by atoms with Gasteiger partial charge in [-0.3, -0.25) is 14.5 Å². The van der Waals surface area contributed by atoms with Crippen molar-refractivity contribution in [1.29, 1.82) is 0 Å². The Labute approximate surface area is 201 Å². The lowest BCUT2D eigenvalue weighted by Crippen LogP contribution is -2.45. The molecular formula is C24H24ClN5O4. The van der Waals surface area contributed by atoms with Crippen LogP contribution in [0.15, 0.2) is 65.1 Å². The van der Waals surface area contributed by atoms with Crippen molar-refractivity contribution in [3.63, 3.8) is 0 Å². The van der Waals surface area contributed by atoms with Crippen molar-refractivity contribution < 1.29 is 18.7 Å². The van der Waals surface area contributed by atoms with Crippen LogP contribution in [0, 0.1) is 6.92 Å². The maximum absolute atomic E-state index is 13.8. The third kappa shape index (κ3) is 5.11. The number of nitrogens with zero attached hydrogens (tertiary/aromatic N) is 4. The number of ether oxygens (including phenoxy) is 1. The van der Waals surface area contributed by atoms with E-state index in [0.717, 1.165) is 0 Å². The van der Waals surface area contributed by atoms with Gasteiger partial charge in [0.15, 0.2) is 6.04 Å². The first-order valence-corrected chi connectivity index (χ1v) is 11.0. The van der Waals surface area contributed by atoms with E-state index in [4.69, 9.17) is 20.8 Å². The number of carbonyl (C=O) groups excluding carboxylic acids is 2. The summed E-state index contributed by atoms with van der Waals surface area (Å²) < 4.78 is 12.4. The van der Waals surface area contributed by atoms with E-state index in [1.54, 1.807) is 50.4 Å². The highest BCUT2D eigenvalue weighted by atomic mass is 35.5. The van der Waals surface area contributed by atoms with E-state index in [2.05, 4.69) is 15.6 Å². The Kier molecular flexibility index (Phi) is 7.24. The number of aryl methyl sites for hydroxylation is 1. The molecule has 0 bridgehead atoms. The maximum Gasteiger partial charge on any atom is 0.251 e. The Morgan fingerprint density at radius 2 is 1.91 bits per heavy atom. The number of carbonyl (C=O) groups is 2. The number of fused-ring (bicyclic) bond motifs is 1. The van der Waals surface area contributed by atoms with Crippen LogP contribution in [0.25, 0.3) is 11.0 Å². The van der Waals surface area contributed by atoms with Crippen LogP contribution in [0.1, 0.15) is 17.6 Å². The van der Waals surface area contributed by atoms with Gasteiger partial charge in [0.1, 0.15) is 23.6 Å². The van der Waals surface area contributed by atoms with Gasteiger partial charge in [0, 0.05) is 24.4 Å². The molecule has 4 rings (SSSR count). The Balaban J connectivity index is 1.75. The Morgan fingerprint density at radius 1 is 1.15 bits per heavy atom. The number of anilines is 1. The molecule has 1 unspecified atom stereocenters. The molecule has 0 aliphatic carbocycles. The lowest BCUT2D eigenvalue weighted by atomic mass is 10.1. The van der Waals surface area contributed by atoms with Crippen LogP contribution >= 0.6 is 11.6 Å². The molecule has 2 aromatic heterocycles. The lowest BCUT2D eigenvalue weighted by molar-refractivity contribution is -0.127. The number of furan rings is 1. The predicted octanol–water partition coefficient (Wildman–Crippen LogP) is 3.52. The van der Waals surface area contributed by atoms with E-state index in [1.807, 2.05) is 24.3 Å². The van der Waals surface area contributed by atoms with Crippen molar-refractivity contribution in [3.05, 3.63) is 77.2 Å². The average Bonchev–Trinajstić information content (AvgIpc) is 3.44. The van der Waals surface area contributed by atoms with Crippen LogP contribution in [-0.4, -0.2) is 47.1 Å². The second-order valence-corrected chi connectivity index (χ2v) is 8.05. The molecule has 0 fully saturated rings. The number of para-hydroxylation sites is 1. The highest BCUT2D eigenvalue weighted by molar-refractivity contribution is 6.30. The van der Waals surface area contributed by atoms with Crippen LogP contribution in [0.4, 0.5) is 5.69 Å². The zero-order chi connectivity index (χ0) is 24.1. The summed E-state index contributed by atoms with van der Waals surface area (Å²) >= 11 is 6.09. The van der Waals surface area contributed by atoms with Crippen LogP contribution in [0.2, 0.25) is 5.02 Å². The summed E-state index contributed by atoms with van der Waals surface area (Å²) in [5.41, 5.74) is 1.87. The minimum atomic E-state index is -1.06. The molecule has 0 aliphatic heterocycles. The van der Waals surface area contributed by atoms with Gasteiger partial charge in [-0.25, -0.2) is 4.68 Å². The zero-order valence-corrected chi connectivity index (χ0v) is 19.5. The zero-order valence-electron chi connectivity index (χ0n) is 18.8. The molecule has 10 heteroatoms. The second kappa shape index (κ2) is 10.5. The summed E-state index contributed by atoms with van der Waals surface area (Å²) in [7, 11) is 1.55. The smallest absolute Gasteiger partial charge is 0.251 e. The van der Waals surface area contributed by atoms with E-state index >= 15 is 0 Å². The van der Waals surface area contributed by atoms with Gasteiger partial charge in [-0.2, -0.15) is 0 Å². The van der Waals surface area contributed by atoms with Crippen molar-refractivity contribution in [3.8, 4) is 0 Å². The van der Waals surface area contributed by atoms with Crippen molar-refractivity contribution in [1.82, 2.24) is 20.3 Å². The monoisotopic (exact) mass is 481 g/mol. The summed E-state index contributed by atoms with van der Waals surface area (Å²) in [6, 6.07) is 16.4. The third-order valence-electron chi connectivity index (χ3n) is 5.22. The number of aromatic nitrogens is 3. The third-order valence-corrected chi connectivity index (χ3v) is 5.47. The SMILES string of the molecule is COCCNC(=O)C(c1ccc(C)o1)N(C(=O)Cn1nnc2ccccc21)c1ccc(Cl)cc1. The molecule has 0 saturated carbocycles. The van der Waals surface area contributed by atoms with Crippen LogP contribution in [0.3, 0.4) is 0 Å². The van der Waals surface area contributed by atoms with E-state index in [1.165, 1.54) is 9.58 Å². The van der Waals surface area contributed by atoms with Crippen LogP contribution < -0.4 is 10.2 Å². The number of methoxy groups -OCH3 is 1. The summed E-state index contributed by atoms with van der Waals surface area (Å²) in [6.07, 6.45) is 0. The van der Waals surface area contributed by atoms with Crippen molar-refractivity contribution >= 4 is 40.1 Å². The Bertz CT molecular complexity index is 1280. The Morgan fingerprint density at radius 3 is 2.62 bits per heavy atom. The van der Waals surface area contributed by atoms with E-state index in [-0.39, 0.29) is 19.0 Å². The fourth-order valence-electron chi connectivity index (χ4n) is 3.62. The number of hydrogen-bond donors (Lipinski definition) is 1. The topological polar surface area (TPSA) is 102 Å². The summed E-state index contributed by atoms with van der Waals surface area (Å²) in [4.78, 5) is 28.5. The molecule has 2 heterocycles. The molecule has 0 saturated heterocycles. The molecule has 176 valence electrons. The Hall–Kier alpha value is -3.69. The normalized spacial score (nSPS) is 12.0. The van der Waals surface area contributed by atoms with Gasteiger partial charge >= 0.3 is 0 Å². The molecule has 1 N–H and O–H groups in total. The molecule has 34 heavy (non-hydrogen) atoms. The van der Waals surface area contributed by atoms with Gasteiger partial charge < -0.3 is 14.5 Å². The van der Waals surface area contributed by atoms with E-state index < -0.39 is 11.9 Å². The number of hydrogen-bond acceptors (Lipinski definition) is 6. The van der Waals surface area contributed by atoms with Crippen molar-refractivity contribution in [2.24, 2.45) is 0 Å². The quantitative estimate of drug-likeness (QED) is 0.367. The molecule has 4 aromatic rings. The standard InChI is InChI=1S/C24H24ClN5O4/c1-16-7-12-21(34-16)23(24(32)26-13-14-33-2)30(18-10-8-17(25)9-11-18)22(31)15-29-20-6-4-3-5-19(20)27-28-29/h3-12,23H,13-15H2,1-2H3,(H,26,32). The number of amides is 2. The van der Waals surface area contributed by atoms with Crippen LogP contribution in [0.5, 0.6) is 0 Å². The van der Waals surface area contributed by atoms with Crippen molar-refractivity contribution in [2.75, 3.05) is 25.2 Å². The summed E-state index contributed by atoms with van der Waals surface area (Å²) in [5.74, 6) is 0.173. The van der Waals surface area contributed by atoms with Gasteiger partial charge in [0.2, 0.25) is 5.91 Å². The fraction of sp³-hybridized carbons (Fsp3) is 0.250. The second-order valence-electron chi connectivity index (χ2n) is 7.61. The molecule has 1 atom stereocenters. The largest absolute Gasteiger partial charge is 0.464 e. The first-order valence-electron chi connectivity index (χ1n) is 10.7. The summed E-state index contributed by atoms with van der Waals surface area (Å²) in [6.45, 7) is 2.25. The molecule has 0 aliphatic rings. The minimum absolute atomic E-state index is 0.134. The van der Waals surface area contributed by atoms with Gasteiger partial charge in [-0.15, -0.1) is 5.10 Å². The minimum Gasteiger partial charge on any atom is -0.464 e. The number of benzene rings is 2. The molecule has 2 amide bonds. The van der Waals surface area contributed by atoms with E-state index in [0.29, 0.717) is 39.9 Å². The van der Waals surface area contributed by atoms with E-state index in [9.17, 15) is 9.59 Å².